The van der Waals surface area contributed by atoms with Crippen molar-refractivity contribution in [3.63, 3.8) is 0 Å². The highest BCUT2D eigenvalue weighted by Gasteiger charge is 2.15. The predicted molar refractivity (Wildman–Crippen MR) is 59.7 cm³/mol. The Morgan fingerprint density at radius 3 is 2.69 bits per heavy atom. The van der Waals surface area contributed by atoms with Crippen LogP contribution in [0.15, 0.2) is 12.1 Å². The third-order valence-corrected chi connectivity index (χ3v) is 2.60. The molecule has 0 radical (unpaired) electrons. The molecule has 1 aromatic heterocycles. The zero-order valence-corrected chi connectivity index (χ0v) is 8.99. The van der Waals surface area contributed by atoms with Gasteiger partial charge in [-0.25, -0.2) is 4.98 Å². The molecule has 5 heteroatoms. The van der Waals surface area contributed by atoms with E-state index in [2.05, 4.69) is 9.97 Å². The van der Waals surface area contributed by atoms with Gasteiger partial charge in [0.15, 0.2) is 11.5 Å². The molecule has 3 rings (SSSR count). The standard InChI is InChI=1S/C11H13N3O2/c1-6(12)11-13-7-4-9-10(5-8(7)14-11)16-3-2-15-9/h4-6H,2-3,12H2,1H3,(H,13,14). The van der Waals surface area contributed by atoms with Crippen LogP contribution >= 0.6 is 0 Å². The molecular formula is C11H13N3O2. The van der Waals surface area contributed by atoms with Crippen LogP contribution < -0.4 is 15.2 Å². The van der Waals surface area contributed by atoms with E-state index in [1.807, 2.05) is 19.1 Å². The van der Waals surface area contributed by atoms with Crippen LogP contribution in [-0.4, -0.2) is 23.2 Å². The molecule has 16 heavy (non-hydrogen) atoms. The van der Waals surface area contributed by atoms with Gasteiger partial charge in [-0.2, -0.15) is 0 Å². The Morgan fingerprint density at radius 1 is 1.31 bits per heavy atom. The molecule has 1 unspecified atom stereocenters. The van der Waals surface area contributed by atoms with Gasteiger partial charge >= 0.3 is 0 Å². The van der Waals surface area contributed by atoms with Gasteiger partial charge in [0.2, 0.25) is 0 Å². The summed E-state index contributed by atoms with van der Waals surface area (Å²) in [6, 6.07) is 3.68. The summed E-state index contributed by atoms with van der Waals surface area (Å²) in [4.78, 5) is 7.58. The summed E-state index contributed by atoms with van der Waals surface area (Å²) >= 11 is 0. The number of hydrogen-bond acceptors (Lipinski definition) is 4. The largest absolute Gasteiger partial charge is 0.486 e. The van der Waals surface area contributed by atoms with Crippen LogP contribution in [0.1, 0.15) is 18.8 Å². The Hall–Kier alpha value is -1.75. The lowest BCUT2D eigenvalue weighted by Gasteiger charge is -2.17. The summed E-state index contributed by atoms with van der Waals surface area (Å²) < 4.78 is 11.0. The van der Waals surface area contributed by atoms with Crippen molar-refractivity contribution in [1.82, 2.24) is 9.97 Å². The number of ether oxygens (including phenoxy) is 2. The maximum atomic E-state index is 5.77. The van der Waals surface area contributed by atoms with Crippen molar-refractivity contribution in [2.75, 3.05) is 13.2 Å². The van der Waals surface area contributed by atoms with Gasteiger partial charge in [0.1, 0.15) is 19.0 Å². The van der Waals surface area contributed by atoms with E-state index in [0.717, 1.165) is 28.4 Å². The minimum absolute atomic E-state index is 0.105. The van der Waals surface area contributed by atoms with Crippen molar-refractivity contribution in [1.29, 1.82) is 0 Å². The van der Waals surface area contributed by atoms with E-state index in [9.17, 15) is 0 Å². The van der Waals surface area contributed by atoms with E-state index in [4.69, 9.17) is 15.2 Å². The van der Waals surface area contributed by atoms with Gasteiger partial charge in [0, 0.05) is 12.1 Å². The van der Waals surface area contributed by atoms with Crippen LogP contribution in [0.5, 0.6) is 11.5 Å². The maximum absolute atomic E-state index is 5.77. The van der Waals surface area contributed by atoms with Gasteiger partial charge in [-0.1, -0.05) is 0 Å². The van der Waals surface area contributed by atoms with Crippen molar-refractivity contribution >= 4 is 11.0 Å². The normalized spacial score (nSPS) is 16.4. The molecule has 1 atom stereocenters. The molecule has 0 amide bonds. The van der Waals surface area contributed by atoms with Gasteiger partial charge in [-0.05, 0) is 6.92 Å². The highest BCUT2D eigenvalue weighted by molar-refractivity contribution is 5.80. The molecule has 0 saturated heterocycles. The number of aromatic amines is 1. The number of H-pyrrole nitrogens is 1. The second kappa shape index (κ2) is 3.38. The number of rotatable bonds is 1. The molecule has 5 nitrogen and oxygen atoms in total. The Morgan fingerprint density at radius 2 is 2.00 bits per heavy atom. The summed E-state index contributed by atoms with van der Waals surface area (Å²) in [6.45, 7) is 3.07. The average Bonchev–Trinajstić information content (AvgIpc) is 2.68. The molecular weight excluding hydrogens is 206 g/mol. The highest BCUT2D eigenvalue weighted by atomic mass is 16.6. The van der Waals surface area contributed by atoms with Crippen LogP contribution in [0.3, 0.4) is 0 Å². The molecule has 1 aliphatic rings. The minimum atomic E-state index is -0.105. The Bertz CT molecular complexity index is 490. The molecule has 0 bridgehead atoms. The van der Waals surface area contributed by atoms with Crippen LogP contribution in [0.2, 0.25) is 0 Å². The van der Waals surface area contributed by atoms with E-state index < -0.39 is 0 Å². The number of nitrogens with zero attached hydrogens (tertiary/aromatic N) is 1. The summed E-state index contributed by atoms with van der Waals surface area (Å²) in [5.74, 6) is 2.29. The summed E-state index contributed by atoms with van der Waals surface area (Å²) in [6.07, 6.45) is 0. The molecule has 2 aromatic rings. The van der Waals surface area contributed by atoms with Crippen LogP contribution in [-0.2, 0) is 0 Å². The first-order valence-electron chi connectivity index (χ1n) is 5.29. The molecule has 2 heterocycles. The molecule has 84 valence electrons. The number of hydrogen-bond donors (Lipinski definition) is 2. The minimum Gasteiger partial charge on any atom is -0.486 e. The third-order valence-electron chi connectivity index (χ3n) is 2.60. The summed E-state index contributed by atoms with van der Waals surface area (Å²) in [5.41, 5.74) is 7.56. The number of benzene rings is 1. The average molecular weight is 219 g/mol. The monoisotopic (exact) mass is 219 g/mol. The lowest BCUT2D eigenvalue weighted by atomic mass is 10.2. The molecule has 0 fully saturated rings. The SMILES string of the molecule is CC(N)c1nc2cc3c(cc2[nH]1)OCCO3. The number of nitrogens with two attached hydrogens (primary N) is 1. The van der Waals surface area contributed by atoms with Gasteiger partial charge < -0.3 is 20.2 Å². The number of nitrogens with one attached hydrogen (secondary N) is 1. The molecule has 0 spiro atoms. The first kappa shape index (κ1) is 9.47. The zero-order chi connectivity index (χ0) is 11.1. The van der Waals surface area contributed by atoms with Crippen molar-refractivity contribution in [2.24, 2.45) is 5.73 Å². The number of imidazole rings is 1. The number of aromatic nitrogens is 2. The van der Waals surface area contributed by atoms with E-state index in [1.54, 1.807) is 0 Å². The summed E-state index contributed by atoms with van der Waals surface area (Å²) in [7, 11) is 0. The summed E-state index contributed by atoms with van der Waals surface area (Å²) in [5, 5.41) is 0. The van der Waals surface area contributed by atoms with E-state index in [0.29, 0.717) is 13.2 Å². The zero-order valence-electron chi connectivity index (χ0n) is 8.99. The van der Waals surface area contributed by atoms with Gasteiger partial charge in [-0.15, -0.1) is 0 Å². The molecule has 0 saturated carbocycles. The Kier molecular flexibility index (Phi) is 2.00. The second-order valence-corrected chi connectivity index (χ2v) is 3.92. The van der Waals surface area contributed by atoms with Crippen LogP contribution in [0, 0.1) is 0 Å². The molecule has 1 aliphatic heterocycles. The Labute approximate surface area is 92.6 Å². The lowest BCUT2D eigenvalue weighted by molar-refractivity contribution is 0.172. The fourth-order valence-corrected chi connectivity index (χ4v) is 1.78. The smallest absolute Gasteiger partial charge is 0.163 e. The highest BCUT2D eigenvalue weighted by Crippen LogP contribution is 2.33. The fourth-order valence-electron chi connectivity index (χ4n) is 1.78. The molecule has 0 aliphatic carbocycles. The third kappa shape index (κ3) is 1.40. The van der Waals surface area contributed by atoms with E-state index in [1.165, 1.54) is 0 Å². The van der Waals surface area contributed by atoms with E-state index >= 15 is 0 Å². The first-order chi connectivity index (χ1) is 7.74. The molecule has 3 N–H and O–H groups in total. The quantitative estimate of drug-likeness (QED) is 0.759. The first-order valence-corrected chi connectivity index (χ1v) is 5.29. The van der Waals surface area contributed by atoms with Crippen molar-refractivity contribution < 1.29 is 9.47 Å². The van der Waals surface area contributed by atoms with Crippen LogP contribution in [0.4, 0.5) is 0 Å². The van der Waals surface area contributed by atoms with E-state index in [-0.39, 0.29) is 6.04 Å². The maximum Gasteiger partial charge on any atom is 0.163 e. The molecule has 1 aromatic carbocycles. The topological polar surface area (TPSA) is 73.2 Å². The van der Waals surface area contributed by atoms with Gasteiger partial charge in [0.05, 0.1) is 17.1 Å². The van der Waals surface area contributed by atoms with Crippen molar-refractivity contribution in [2.45, 2.75) is 13.0 Å². The van der Waals surface area contributed by atoms with Crippen molar-refractivity contribution in [3.05, 3.63) is 18.0 Å². The predicted octanol–water partition coefficient (Wildman–Crippen LogP) is 1.35. The van der Waals surface area contributed by atoms with Gasteiger partial charge in [0.25, 0.3) is 0 Å². The van der Waals surface area contributed by atoms with Crippen LogP contribution in [0.25, 0.3) is 11.0 Å². The number of fused-ring (bicyclic) bond motifs is 2. The Balaban J connectivity index is 2.16. The fraction of sp³-hybridized carbons (Fsp3) is 0.364. The van der Waals surface area contributed by atoms with Gasteiger partial charge in [-0.3, -0.25) is 0 Å². The van der Waals surface area contributed by atoms with Crippen molar-refractivity contribution in [3.8, 4) is 11.5 Å². The lowest BCUT2D eigenvalue weighted by Crippen LogP contribution is -2.15. The second-order valence-electron chi connectivity index (χ2n) is 3.92.